The third-order valence-electron chi connectivity index (χ3n) is 3.93. The Morgan fingerprint density at radius 3 is 2.60 bits per heavy atom. The van der Waals surface area contributed by atoms with Crippen LogP contribution in [-0.2, 0) is 6.42 Å². The first kappa shape index (κ1) is 17.3. The number of hydrogen-bond acceptors (Lipinski definition) is 5. The summed E-state index contributed by atoms with van der Waals surface area (Å²) in [5.41, 5.74) is 11.7. The predicted molar refractivity (Wildman–Crippen MR) is 106 cm³/mol. The standard InChI is InChI=1S/C20H20N4S/c1-3-16-8-7-14(12-24-16)15-10-17(18-6-4-5-9-23-18)20(25-13-21)19(11-15)22-2/h4-12H,2-3,13,21H2,1H3. The predicted octanol–water partition coefficient (Wildman–Crippen LogP) is 4.71. The quantitative estimate of drug-likeness (QED) is 0.398. The lowest BCUT2D eigenvalue weighted by Gasteiger charge is -2.14. The lowest BCUT2D eigenvalue weighted by Crippen LogP contribution is -1.95. The second kappa shape index (κ2) is 8.05. The first-order valence-corrected chi connectivity index (χ1v) is 9.09. The minimum Gasteiger partial charge on any atom is -0.322 e. The van der Waals surface area contributed by atoms with Gasteiger partial charge in [-0.3, -0.25) is 15.0 Å². The Balaban J connectivity index is 2.18. The Hall–Kier alpha value is -2.50. The van der Waals surface area contributed by atoms with Crippen LogP contribution >= 0.6 is 11.8 Å². The van der Waals surface area contributed by atoms with Crippen molar-refractivity contribution in [3.8, 4) is 22.4 Å². The van der Waals surface area contributed by atoms with Crippen molar-refractivity contribution in [3.05, 3.63) is 60.6 Å². The molecule has 1 aromatic carbocycles. The minimum atomic E-state index is 0.467. The SMILES string of the molecule is C=Nc1cc(-c2ccc(CC)nc2)cc(-c2ccccn2)c1SCN. The zero-order chi connectivity index (χ0) is 17.6. The molecule has 3 rings (SSSR count). The van der Waals surface area contributed by atoms with E-state index in [0.29, 0.717) is 5.88 Å². The first-order chi connectivity index (χ1) is 12.3. The molecule has 0 saturated heterocycles. The van der Waals surface area contributed by atoms with E-state index in [9.17, 15) is 0 Å². The molecule has 0 fully saturated rings. The molecule has 0 atom stereocenters. The summed E-state index contributed by atoms with van der Waals surface area (Å²) in [5, 5.41) is 0. The lowest BCUT2D eigenvalue weighted by atomic mass is 10.0. The van der Waals surface area contributed by atoms with E-state index in [0.717, 1.165) is 45.1 Å². The first-order valence-electron chi connectivity index (χ1n) is 8.11. The molecule has 0 saturated carbocycles. The zero-order valence-corrected chi connectivity index (χ0v) is 15.0. The Labute approximate surface area is 152 Å². The van der Waals surface area contributed by atoms with Gasteiger partial charge in [-0.05, 0) is 49.0 Å². The summed E-state index contributed by atoms with van der Waals surface area (Å²) in [6.07, 6.45) is 4.61. The van der Waals surface area contributed by atoms with E-state index >= 15 is 0 Å². The van der Waals surface area contributed by atoms with E-state index < -0.39 is 0 Å². The van der Waals surface area contributed by atoms with E-state index in [1.54, 1.807) is 18.0 Å². The molecule has 5 heteroatoms. The van der Waals surface area contributed by atoms with Gasteiger partial charge in [0, 0.05) is 40.0 Å². The lowest BCUT2D eigenvalue weighted by molar-refractivity contribution is 1.04. The van der Waals surface area contributed by atoms with E-state index in [1.807, 2.05) is 30.5 Å². The molecule has 126 valence electrons. The van der Waals surface area contributed by atoms with Crippen LogP contribution in [0.2, 0.25) is 0 Å². The van der Waals surface area contributed by atoms with E-state index in [-0.39, 0.29) is 0 Å². The summed E-state index contributed by atoms with van der Waals surface area (Å²) >= 11 is 1.55. The van der Waals surface area contributed by atoms with Crippen LogP contribution in [0.5, 0.6) is 0 Å². The summed E-state index contributed by atoms with van der Waals surface area (Å²) in [4.78, 5) is 14.2. The highest BCUT2D eigenvalue weighted by atomic mass is 32.2. The maximum atomic E-state index is 5.78. The molecule has 0 aliphatic heterocycles. The van der Waals surface area contributed by atoms with Crippen LogP contribution in [0, 0.1) is 0 Å². The summed E-state index contributed by atoms with van der Waals surface area (Å²) < 4.78 is 0. The maximum Gasteiger partial charge on any atom is 0.0771 e. The summed E-state index contributed by atoms with van der Waals surface area (Å²) in [6.45, 7) is 5.83. The van der Waals surface area contributed by atoms with Crippen LogP contribution in [-0.4, -0.2) is 22.6 Å². The highest BCUT2D eigenvalue weighted by molar-refractivity contribution is 7.99. The second-order valence-corrected chi connectivity index (χ2v) is 6.48. The minimum absolute atomic E-state index is 0.467. The Kier molecular flexibility index (Phi) is 5.58. The zero-order valence-electron chi connectivity index (χ0n) is 14.1. The van der Waals surface area contributed by atoms with Crippen molar-refractivity contribution in [1.29, 1.82) is 0 Å². The molecule has 2 N–H and O–H groups in total. The molecule has 0 amide bonds. The van der Waals surface area contributed by atoms with Gasteiger partial charge in [0.2, 0.25) is 0 Å². The van der Waals surface area contributed by atoms with Gasteiger partial charge >= 0.3 is 0 Å². The van der Waals surface area contributed by atoms with Gasteiger partial charge in [0.1, 0.15) is 0 Å². The number of rotatable bonds is 6. The van der Waals surface area contributed by atoms with Crippen LogP contribution in [0.25, 0.3) is 22.4 Å². The fourth-order valence-corrected chi connectivity index (χ4v) is 3.41. The van der Waals surface area contributed by atoms with E-state index in [2.05, 4.69) is 46.8 Å². The van der Waals surface area contributed by atoms with Crippen LogP contribution in [0.15, 0.2) is 64.7 Å². The number of benzene rings is 1. The smallest absolute Gasteiger partial charge is 0.0771 e. The van der Waals surface area contributed by atoms with Gasteiger partial charge in [-0.25, -0.2) is 0 Å². The summed E-state index contributed by atoms with van der Waals surface area (Å²) in [6, 6.07) is 14.2. The van der Waals surface area contributed by atoms with Gasteiger partial charge < -0.3 is 5.73 Å². The molecule has 25 heavy (non-hydrogen) atoms. The number of nitrogens with zero attached hydrogens (tertiary/aromatic N) is 3. The third-order valence-corrected chi connectivity index (χ3v) is 4.81. The normalized spacial score (nSPS) is 10.6. The van der Waals surface area contributed by atoms with Crippen LogP contribution in [0.1, 0.15) is 12.6 Å². The van der Waals surface area contributed by atoms with E-state index in [4.69, 9.17) is 5.73 Å². The molecule has 0 radical (unpaired) electrons. The summed E-state index contributed by atoms with van der Waals surface area (Å²) in [7, 11) is 0. The van der Waals surface area contributed by atoms with Crippen molar-refractivity contribution in [2.24, 2.45) is 10.7 Å². The Morgan fingerprint density at radius 2 is 2.00 bits per heavy atom. The molecule has 0 unspecified atom stereocenters. The van der Waals surface area contributed by atoms with Crippen LogP contribution < -0.4 is 5.73 Å². The molecular weight excluding hydrogens is 328 g/mol. The highest BCUT2D eigenvalue weighted by Gasteiger charge is 2.14. The van der Waals surface area contributed by atoms with Crippen molar-refractivity contribution in [3.63, 3.8) is 0 Å². The fraction of sp³-hybridized carbons (Fsp3) is 0.150. The molecular formula is C20H20N4S. The third kappa shape index (κ3) is 3.78. The van der Waals surface area contributed by atoms with E-state index in [1.165, 1.54) is 0 Å². The number of aromatic nitrogens is 2. The van der Waals surface area contributed by atoms with Gasteiger partial charge in [0.05, 0.1) is 11.4 Å². The molecule has 3 aromatic rings. The molecule has 0 bridgehead atoms. The number of aliphatic imine (C=N–C) groups is 1. The summed E-state index contributed by atoms with van der Waals surface area (Å²) in [5.74, 6) is 0.467. The molecule has 2 aromatic heterocycles. The monoisotopic (exact) mass is 348 g/mol. The second-order valence-electron chi connectivity index (χ2n) is 5.45. The van der Waals surface area contributed by atoms with Crippen molar-refractivity contribution in [1.82, 2.24) is 9.97 Å². The Morgan fingerprint density at radius 1 is 1.12 bits per heavy atom. The van der Waals surface area contributed by atoms with Crippen LogP contribution in [0.3, 0.4) is 0 Å². The highest BCUT2D eigenvalue weighted by Crippen LogP contribution is 2.41. The Bertz CT molecular complexity index is 861. The number of nitrogens with two attached hydrogens (primary N) is 1. The van der Waals surface area contributed by atoms with Crippen molar-refractivity contribution in [2.75, 3.05) is 5.88 Å². The maximum absolute atomic E-state index is 5.78. The molecule has 2 heterocycles. The van der Waals surface area contributed by atoms with Crippen LogP contribution in [0.4, 0.5) is 5.69 Å². The fourth-order valence-electron chi connectivity index (χ4n) is 2.65. The van der Waals surface area contributed by atoms with Gasteiger partial charge in [-0.1, -0.05) is 19.1 Å². The molecule has 0 aliphatic carbocycles. The van der Waals surface area contributed by atoms with Gasteiger partial charge in [-0.15, -0.1) is 11.8 Å². The van der Waals surface area contributed by atoms with Gasteiger partial charge in [0.25, 0.3) is 0 Å². The van der Waals surface area contributed by atoms with Crippen molar-refractivity contribution >= 4 is 24.2 Å². The van der Waals surface area contributed by atoms with Gasteiger partial charge in [0.15, 0.2) is 0 Å². The molecule has 4 nitrogen and oxygen atoms in total. The topological polar surface area (TPSA) is 64.2 Å². The number of hydrogen-bond donors (Lipinski definition) is 1. The van der Waals surface area contributed by atoms with Gasteiger partial charge in [-0.2, -0.15) is 0 Å². The average molecular weight is 348 g/mol. The molecule has 0 aliphatic rings. The largest absolute Gasteiger partial charge is 0.322 e. The van der Waals surface area contributed by atoms with Crippen molar-refractivity contribution in [2.45, 2.75) is 18.2 Å². The van der Waals surface area contributed by atoms with Crippen molar-refractivity contribution < 1.29 is 0 Å². The molecule has 0 spiro atoms. The number of aryl methyl sites for hydroxylation is 1. The average Bonchev–Trinajstić information content (AvgIpc) is 2.69. The number of pyridine rings is 2. The number of thioether (sulfide) groups is 1.